The molecule has 0 aromatic rings. The molecule has 22 heavy (non-hydrogen) atoms. The minimum Gasteiger partial charge on any atom is -0.354 e. The van der Waals surface area contributed by atoms with Crippen molar-refractivity contribution >= 4 is 22.0 Å². The van der Waals surface area contributed by atoms with Crippen molar-refractivity contribution < 1.29 is 18.0 Å². The minimum absolute atomic E-state index is 0.145. The standard InChI is InChI=1S/C13H24N4O4S/c1-22(20,21)16-10-5-4-8-17(9-10)13(19)15-11-6-2-3-7-14-12(11)18/h10-11,16H,2-9H2,1H3,(H,14,18)(H,15,19)/t10-,11+/m1/s1. The fraction of sp³-hybridized carbons (Fsp3) is 0.846. The number of carbonyl (C=O) groups excluding carboxylic acids is 2. The minimum atomic E-state index is -3.29. The Hall–Kier alpha value is -1.35. The van der Waals surface area contributed by atoms with Crippen molar-refractivity contribution in [3.63, 3.8) is 0 Å². The summed E-state index contributed by atoms with van der Waals surface area (Å²) in [6.07, 6.45) is 5.00. The van der Waals surface area contributed by atoms with E-state index in [1.165, 1.54) is 0 Å². The molecule has 3 amide bonds. The average Bonchev–Trinajstić information content (AvgIpc) is 2.62. The van der Waals surface area contributed by atoms with Crippen LogP contribution in [-0.4, -0.2) is 63.2 Å². The van der Waals surface area contributed by atoms with Crippen LogP contribution in [0.2, 0.25) is 0 Å². The Kier molecular flexibility index (Phi) is 5.63. The third-order valence-corrected chi connectivity index (χ3v) is 4.68. The second-order valence-electron chi connectivity index (χ2n) is 5.96. The molecule has 2 aliphatic heterocycles. The summed E-state index contributed by atoms with van der Waals surface area (Å²) in [5.41, 5.74) is 0. The van der Waals surface area contributed by atoms with Crippen LogP contribution in [0, 0.1) is 0 Å². The van der Waals surface area contributed by atoms with Crippen LogP contribution < -0.4 is 15.4 Å². The van der Waals surface area contributed by atoms with Crippen molar-refractivity contribution in [2.75, 3.05) is 25.9 Å². The number of nitrogens with zero attached hydrogens (tertiary/aromatic N) is 1. The van der Waals surface area contributed by atoms with Crippen LogP contribution in [0.15, 0.2) is 0 Å². The van der Waals surface area contributed by atoms with E-state index in [0.29, 0.717) is 32.5 Å². The van der Waals surface area contributed by atoms with Gasteiger partial charge >= 0.3 is 6.03 Å². The van der Waals surface area contributed by atoms with Crippen LogP contribution in [0.1, 0.15) is 32.1 Å². The van der Waals surface area contributed by atoms with Crippen molar-refractivity contribution in [3.8, 4) is 0 Å². The lowest BCUT2D eigenvalue weighted by molar-refractivity contribution is -0.122. The maximum Gasteiger partial charge on any atom is 0.318 e. The highest BCUT2D eigenvalue weighted by molar-refractivity contribution is 7.88. The first-order valence-electron chi connectivity index (χ1n) is 7.65. The lowest BCUT2D eigenvalue weighted by Gasteiger charge is -2.33. The second-order valence-corrected chi connectivity index (χ2v) is 7.74. The summed E-state index contributed by atoms with van der Waals surface area (Å²) in [5, 5.41) is 5.54. The van der Waals surface area contributed by atoms with Crippen molar-refractivity contribution in [2.24, 2.45) is 0 Å². The maximum absolute atomic E-state index is 12.3. The third kappa shape index (κ3) is 5.13. The van der Waals surface area contributed by atoms with Gasteiger partial charge in [-0.3, -0.25) is 4.79 Å². The number of hydrogen-bond acceptors (Lipinski definition) is 4. The van der Waals surface area contributed by atoms with Gasteiger partial charge in [0.25, 0.3) is 0 Å². The molecule has 0 radical (unpaired) electrons. The zero-order valence-corrected chi connectivity index (χ0v) is 13.6. The lowest BCUT2D eigenvalue weighted by atomic mass is 10.1. The van der Waals surface area contributed by atoms with Gasteiger partial charge in [0.2, 0.25) is 15.9 Å². The maximum atomic E-state index is 12.3. The SMILES string of the molecule is CS(=O)(=O)N[C@@H]1CCCN(C(=O)N[C@H]2CCCCNC2=O)C1. The summed E-state index contributed by atoms with van der Waals surface area (Å²) in [6, 6.07) is -1.07. The first kappa shape index (κ1) is 17.0. The molecule has 2 saturated heterocycles. The van der Waals surface area contributed by atoms with Gasteiger partial charge in [-0.25, -0.2) is 17.9 Å². The number of rotatable bonds is 3. The van der Waals surface area contributed by atoms with E-state index >= 15 is 0 Å². The van der Waals surface area contributed by atoms with E-state index in [9.17, 15) is 18.0 Å². The van der Waals surface area contributed by atoms with Gasteiger partial charge in [0.1, 0.15) is 6.04 Å². The van der Waals surface area contributed by atoms with Crippen LogP contribution in [-0.2, 0) is 14.8 Å². The molecule has 2 heterocycles. The van der Waals surface area contributed by atoms with Gasteiger partial charge in [-0.2, -0.15) is 0 Å². The van der Waals surface area contributed by atoms with Crippen LogP contribution in [0.4, 0.5) is 4.79 Å². The molecule has 0 spiro atoms. The summed E-state index contributed by atoms with van der Waals surface area (Å²) in [7, 11) is -3.29. The average molecular weight is 332 g/mol. The Morgan fingerprint density at radius 1 is 1.27 bits per heavy atom. The molecule has 2 aliphatic rings. The highest BCUT2D eigenvalue weighted by Gasteiger charge is 2.29. The number of carbonyl (C=O) groups is 2. The van der Waals surface area contributed by atoms with Crippen molar-refractivity contribution in [1.29, 1.82) is 0 Å². The third-order valence-electron chi connectivity index (χ3n) is 3.92. The fourth-order valence-electron chi connectivity index (χ4n) is 2.88. The van der Waals surface area contributed by atoms with Crippen molar-refractivity contribution in [3.05, 3.63) is 0 Å². The van der Waals surface area contributed by atoms with E-state index < -0.39 is 16.1 Å². The van der Waals surface area contributed by atoms with Gasteiger partial charge in [-0.15, -0.1) is 0 Å². The first-order chi connectivity index (χ1) is 10.3. The number of sulfonamides is 1. The Morgan fingerprint density at radius 3 is 2.77 bits per heavy atom. The van der Waals surface area contributed by atoms with Crippen LogP contribution in [0.5, 0.6) is 0 Å². The van der Waals surface area contributed by atoms with E-state index in [4.69, 9.17) is 0 Å². The predicted molar refractivity (Wildman–Crippen MR) is 81.8 cm³/mol. The molecule has 2 fully saturated rings. The first-order valence-corrected chi connectivity index (χ1v) is 9.55. The Bertz CT molecular complexity index is 522. The zero-order chi connectivity index (χ0) is 16.2. The number of likely N-dealkylation sites (tertiary alicyclic amines) is 1. The zero-order valence-electron chi connectivity index (χ0n) is 12.8. The van der Waals surface area contributed by atoms with E-state index in [1.54, 1.807) is 4.90 Å². The quantitative estimate of drug-likeness (QED) is 0.640. The molecule has 8 nitrogen and oxygen atoms in total. The van der Waals surface area contributed by atoms with Crippen LogP contribution in [0.3, 0.4) is 0 Å². The van der Waals surface area contributed by atoms with Crippen LogP contribution in [0.25, 0.3) is 0 Å². The molecule has 9 heteroatoms. The van der Waals surface area contributed by atoms with Crippen LogP contribution >= 0.6 is 0 Å². The number of hydrogen-bond donors (Lipinski definition) is 3. The smallest absolute Gasteiger partial charge is 0.318 e. The Balaban J connectivity index is 1.89. The predicted octanol–water partition coefficient (Wildman–Crippen LogP) is -0.622. The largest absolute Gasteiger partial charge is 0.354 e. The second kappa shape index (κ2) is 7.28. The summed E-state index contributed by atoms with van der Waals surface area (Å²) in [5.74, 6) is -0.145. The number of urea groups is 1. The molecule has 0 unspecified atom stereocenters. The molecule has 3 N–H and O–H groups in total. The van der Waals surface area contributed by atoms with Crippen molar-refractivity contribution in [1.82, 2.24) is 20.3 Å². The fourth-order valence-corrected chi connectivity index (χ4v) is 3.68. The number of amides is 3. The van der Waals surface area contributed by atoms with Gasteiger partial charge in [-0.05, 0) is 32.1 Å². The van der Waals surface area contributed by atoms with E-state index in [0.717, 1.165) is 25.5 Å². The van der Waals surface area contributed by atoms with Gasteiger partial charge in [0, 0.05) is 25.7 Å². The molecule has 0 aromatic carbocycles. The lowest BCUT2D eigenvalue weighted by Crippen LogP contribution is -2.55. The molecule has 2 rings (SSSR count). The van der Waals surface area contributed by atoms with Gasteiger partial charge < -0.3 is 15.5 Å². The molecule has 0 aliphatic carbocycles. The van der Waals surface area contributed by atoms with Gasteiger partial charge in [0.05, 0.1) is 6.26 Å². The van der Waals surface area contributed by atoms with Gasteiger partial charge in [0.15, 0.2) is 0 Å². The highest BCUT2D eigenvalue weighted by Crippen LogP contribution is 2.12. The normalized spacial score (nSPS) is 27.0. The molecule has 0 saturated carbocycles. The Morgan fingerprint density at radius 2 is 2.05 bits per heavy atom. The molecular weight excluding hydrogens is 308 g/mol. The van der Waals surface area contributed by atoms with Crippen molar-refractivity contribution in [2.45, 2.75) is 44.2 Å². The monoisotopic (exact) mass is 332 g/mol. The molecular formula is C13H24N4O4S. The number of nitrogens with one attached hydrogen (secondary N) is 3. The molecule has 0 aromatic heterocycles. The summed E-state index contributed by atoms with van der Waals surface area (Å²) in [4.78, 5) is 25.7. The van der Waals surface area contributed by atoms with E-state index in [-0.39, 0.29) is 18.0 Å². The summed E-state index contributed by atoms with van der Waals surface area (Å²) >= 11 is 0. The van der Waals surface area contributed by atoms with E-state index in [1.807, 2.05) is 0 Å². The Labute approximate surface area is 131 Å². The van der Waals surface area contributed by atoms with Gasteiger partial charge in [-0.1, -0.05) is 0 Å². The molecule has 126 valence electrons. The summed E-state index contributed by atoms with van der Waals surface area (Å²) in [6.45, 7) is 1.55. The highest BCUT2D eigenvalue weighted by atomic mass is 32.2. The topological polar surface area (TPSA) is 108 Å². The number of piperidine rings is 1. The van der Waals surface area contributed by atoms with E-state index in [2.05, 4.69) is 15.4 Å². The summed E-state index contributed by atoms with van der Waals surface area (Å²) < 4.78 is 25.1. The molecule has 2 atom stereocenters. The molecule has 0 bridgehead atoms.